The maximum Gasteiger partial charge on any atom is 0.337 e. The fourth-order valence-electron chi connectivity index (χ4n) is 3.28. The zero-order valence-electron chi connectivity index (χ0n) is 15.2. The summed E-state index contributed by atoms with van der Waals surface area (Å²) in [6, 6.07) is 15.1. The van der Waals surface area contributed by atoms with E-state index in [1.807, 2.05) is 6.07 Å². The maximum atomic E-state index is 13.4. The van der Waals surface area contributed by atoms with Crippen LogP contribution >= 0.6 is 0 Å². The largest absolute Gasteiger partial charge is 0.392 e. The molecule has 0 aliphatic rings. The Kier molecular flexibility index (Phi) is 4.58. The topological polar surface area (TPSA) is 90.0 Å². The molecule has 1 N–H and O–H groups in total. The lowest BCUT2D eigenvalue weighted by molar-refractivity contribution is 0.282. The van der Waals surface area contributed by atoms with Crippen molar-refractivity contribution >= 4 is 11.0 Å². The molecule has 0 aliphatic heterocycles. The Morgan fingerprint density at radius 3 is 2.57 bits per heavy atom. The van der Waals surface area contributed by atoms with E-state index in [1.54, 1.807) is 67.8 Å². The molecule has 0 saturated carbocycles. The highest BCUT2D eigenvalue weighted by molar-refractivity contribution is 5.75. The predicted molar refractivity (Wildman–Crippen MR) is 106 cm³/mol. The number of rotatable bonds is 4. The lowest BCUT2D eigenvalue weighted by atomic mass is 10.2. The van der Waals surface area contributed by atoms with Crippen LogP contribution in [0.25, 0.3) is 16.7 Å². The molecule has 0 fully saturated rings. The van der Waals surface area contributed by atoms with Crippen LogP contribution in [0.5, 0.6) is 0 Å². The first-order chi connectivity index (χ1) is 13.6. The molecule has 1 unspecified atom stereocenters. The van der Waals surface area contributed by atoms with Crippen LogP contribution in [-0.2, 0) is 6.61 Å². The Labute approximate surface area is 160 Å². The number of hydrogen-bond acceptors (Lipinski definition) is 5. The molecule has 7 heteroatoms. The van der Waals surface area contributed by atoms with Crippen molar-refractivity contribution in [2.45, 2.75) is 19.6 Å². The van der Waals surface area contributed by atoms with E-state index in [4.69, 9.17) is 0 Å². The molecule has 1 atom stereocenters. The predicted octanol–water partition coefficient (Wildman–Crippen LogP) is 2.04. The normalized spacial score (nSPS) is 12.2. The Bertz CT molecular complexity index is 1260. The van der Waals surface area contributed by atoms with Crippen molar-refractivity contribution in [1.82, 2.24) is 19.1 Å². The van der Waals surface area contributed by atoms with E-state index in [9.17, 15) is 14.7 Å². The minimum atomic E-state index is -0.557. The zero-order valence-corrected chi connectivity index (χ0v) is 15.2. The highest BCUT2D eigenvalue weighted by atomic mass is 16.3. The Balaban J connectivity index is 2.08. The summed E-state index contributed by atoms with van der Waals surface area (Å²) in [4.78, 5) is 35.1. The van der Waals surface area contributed by atoms with Crippen molar-refractivity contribution in [3.05, 3.63) is 99.1 Å². The molecule has 0 saturated heterocycles. The van der Waals surface area contributed by atoms with Gasteiger partial charge in [0, 0.05) is 12.4 Å². The average Bonchev–Trinajstić information content (AvgIpc) is 2.74. The van der Waals surface area contributed by atoms with E-state index < -0.39 is 17.3 Å². The van der Waals surface area contributed by atoms with Crippen molar-refractivity contribution in [1.29, 1.82) is 0 Å². The molecule has 0 bridgehead atoms. The summed E-state index contributed by atoms with van der Waals surface area (Å²) in [5.74, 6) is 0. The van der Waals surface area contributed by atoms with Crippen molar-refractivity contribution in [3.63, 3.8) is 0 Å². The summed E-state index contributed by atoms with van der Waals surface area (Å²) in [6.45, 7) is 1.61. The molecular formula is C21H18N4O3. The summed E-state index contributed by atoms with van der Waals surface area (Å²) >= 11 is 0. The molecule has 1 aromatic carbocycles. The van der Waals surface area contributed by atoms with Crippen molar-refractivity contribution in [2.24, 2.45) is 0 Å². The highest BCUT2D eigenvalue weighted by Gasteiger charge is 2.20. The van der Waals surface area contributed by atoms with Gasteiger partial charge in [0.2, 0.25) is 0 Å². The molecule has 28 heavy (non-hydrogen) atoms. The molecule has 4 rings (SSSR count). The van der Waals surface area contributed by atoms with Crippen LogP contribution in [0, 0.1) is 0 Å². The van der Waals surface area contributed by atoms with Gasteiger partial charge < -0.3 is 5.11 Å². The van der Waals surface area contributed by atoms with Gasteiger partial charge in [0.25, 0.3) is 5.56 Å². The summed E-state index contributed by atoms with van der Waals surface area (Å²) in [5.41, 5.74) is 1.15. The standard InChI is InChI=1S/C21H18N4O3/c1-14(18-9-2-3-10-22-18)24-20(27)17-8-5-11-23-19(17)25(21(24)28)16-7-4-6-15(12-16)13-26/h2-12,14,26H,13H2,1H3. The molecule has 3 heterocycles. The Morgan fingerprint density at radius 1 is 1.00 bits per heavy atom. The van der Waals surface area contributed by atoms with E-state index in [0.717, 1.165) is 0 Å². The van der Waals surface area contributed by atoms with Crippen LogP contribution in [0.1, 0.15) is 24.2 Å². The van der Waals surface area contributed by atoms with Crippen LogP contribution in [0.4, 0.5) is 0 Å². The first-order valence-electron chi connectivity index (χ1n) is 8.85. The fraction of sp³-hybridized carbons (Fsp3) is 0.143. The molecule has 4 aromatic rings. The average molecular weight is 374 g/mol. The molecule has 0 amide bonds. The van der Waals surface area contributed by atoms with Gasteiger partial charge in [0.05, 0.1) is 29.4 Å². The number of fused-ring (bicyclic) bond motifs is 1. The Morgan fingerprint density at radius 2 is 1.82 bits per heavy atom. The lowest BCUT2D eigenvalue weighted by Gasteiger charge is -2.18. The molecule has 0 radical (unpaired) electrons. The first kappa shape index (κ1) is 17.8. The first-order valence-corrected chi connectivity index (χ1v) is 8.85. The van der Waals surface area contributed by atoms with Crippen LogP contribution in [-0.4, -0.2) is 24.2 Å². The third-order valence-corrected chi connectivity index (χ3v) is 4.70. The van der Waals surface area contributed by atoms with Crippen molar-refractivity contribution in [2.75, 3.05) is 0 Å². The number of benzene rings is 1. The van der Waals surface area contributed by atoms with E-state index in [-0.39, 0.29) is 12.3 Å². The third kappa shape index (κ3) is 2.91. The minimum absolute atomic E-state index is 0.155. The van der Waals surface area contributed by atoms with E-state index >= 15 is 0 Å². The van der Waals surface area contributed by atoms with Crippen LogP contribution in [0.15, 0.2) is 76.6 Å². The van der Waals surface area contributed by atoms with Crippen LogP contribution in [0.2, 0.25) is 0 Å². The van der Waals surface area contributed by atoms with Gasteiger partial charge in [-0.2, -0.15) is 0 Å². The van der Waals surface area contributed by atoms with Gasteiger partial charge in [0.1, 0.15) is 0 Å². The second kappa shape index (κ2) is 7.21. The summed E-state index contributed by atoms with van der Waals surface area (Å²) in [6.07, 6.45) is 3.17. The quantitative estimate of drug-likeness (QED) is 0.590. The van der Waals surface area contributed by atoms with Crippen molar-refractivity contribution < 1.29 is 5.11 Å². The number of hydrogen-bond donors (Lipinski definition) is 1. The summed E-state index contributed by atoms with van der Waals surface area (Å²) in [5, 5.41) is 9.79. The number of aliphatic hydroxyl groups is 1. The second-order valence-corrected chi connectivity index (χ2v) is 6.43. The van der Waals surface area contributed by atoms with Gasteiger partial charge >= 0.3 is 5.69 Å². The number of pyridine rings is 2. The summed E-state index contributed by atoms with van der Waals surface area (Å²) < 4.78 is 2.59. The summed E-state index contributed by atoms with van der Waals surface area (Å²) in [7, 11) is 0. The number of nitrogens with zero attached hydrogens (tertiary/aromatic N) is 4. The van der Waals surface area contributed by atoms with Gasteiger partial charge in [-0.25, -0.2) is 14.3 Å². The second-order valence-electron chi connectivity index (χ2n) is 6.43. The maximum absolute atomic E-state index is 13.4. The molecule has 0 aliphatic carbocycles. The zero-order chi connectivity index (χ0) is 19.7. The van der Waals surface area contributed by atoms with Crippen LogP contribution in [0.3, 0.4) is 0 Å². The van der Waals surface area contributed by atoms with Gasteiger partial charge in [0.15, 0.2) is 5.65 Å². The van der Waals surface area contributed by atoms with E-state index in [2.05, 4.69) is 9.97 Å². The number of aromatic nitrogens is 4. The highest BCUT2D eigenvalue weighted by Crippen LogP contribution is 2.17. The number of aliphatic hydroxyl groups excluding tert-OH is 1. The Hall–Kier alpha value is -3.58. The molecule has 140 valence electrons. The smallest absolute Gasteiger partial charge is 0.337 e. The fourth-order valence-corrected chi connectivity index (χ4v) is 3.28. The molecule has 3 aromatic heterocycles. The van der Waals surface area contributed by atoms with Gasteiger partial charge in [-0.05, 0) is 48.9 Å². The minimum Gasteiger partial charge on any atom is -0.392 e. The van der Waals surface area contributed by atoms with Gasteiger partial charge in [-0.15, -0.1) is 0 Å². The molecule has 7 nitrogen and oxygen atoms in total. The SMILES string of the molecule is CC(c1ccccn1)n1c(=O)c2cccnc2n(-c2cccc(CO)c2)c1=O. The third-order valence-electron chi connectivity index (χ3n) is 4.70. The lowest BCUT2D eigenvalue weighted by Crippen LogP contribution is -2.42. The van der Waals surface area contributed by atoms with E-state index in [0.29, 0.717) is 22.3 Å². The van der Waals surface area contributed by atoms with Gasteiger partial charge in [-0.3, -0.25) is 14.3 Å². The molecule has 0 spiro atoms. The van der Waals surface area contributed by atoms with Gasteiger partial charge in [-0.1, -0.05) is 18.2 Å². The molecular weight excluding hydrogens is 356 g/mol. The van der Waals surface area contributed by atoms with Crippen molar-refractivity contribution in [3.8, 4) is 5.69 Å². The van der Waals surface area contributed by atoms with E-state index in [1.165, 1.54) is 9.13 Å². The monoisotopic (exact) mass is 374 g/mol. The van der Waals surface area contributed by atoms with Crippen LogP contribution < -0.4 is 11.2 Å².